The lowest BCUT2D eigenvalue weighted by atomic mass is 10.2. The summed E-state index contributed by atoms with van der Waals surface area (Å²) < 4.78 is 5.54. The van der Waals surface area contributed by atoms with Crippen molar-refractivity contribution in [2.45, 2.75) is 13.3 Å². The molecule has 1 aromatic rings. The summed E-state index contributed by atoms with van der Waals surface area (Å²) >= 11 is 0. The Kier molecular flexibility index (Phi) is 5.56. The lowest BCUT2D eigenvalue weighted by Gasteiger charge is -2.03. The molecule has 0 saturated carbocycles. The van der Waals surface area contributed by atoms with Crippen LogP contribution in [0.25, 0.3) is 0 Å². The maximum atomic E-state index is 5.54. The molecule has 0 atom stereocenters. The summed E-state index contributed by atoms with van der Waals surface area (Å²) in [4.78, 5) is 0. The summed E-state index contributed by atoms with van der Waals surface area (Å²) in [6, 6.07) is 8.24. The molecular formula is C13H19NO. The van der Waals surface area contributed by atoms with Gasteiger partial charge in [-0.25, -0.2) is 0 Å². The summed E-state index contributed by atoms with van der Waals surface area (Å²) in [5, 5.41) is 3.04. The third-order valence-electron chi connectivity index (χ3n) is 2.17. The predicted octanol–water partition coefficient (Wildman–Crippen LogP) is 2.40. The first-order chi connectivity index (χ1) is 7.36. The van der Waals surface area contributed by atoms with E-state index in [1.54, 1.807) is 0 Å². The van der Waals surface area contributed by atoms with Crippen LogP contribution in [0.3, 0.4) is 0 Å². The van der Waals surface area contributed by atoms with Crippen LogP contribution in [0.5, 0.6) is 5.75 Å². The van der Waals surface area contributed by atoms with Gasteiger partial charge in [-0.3, -0.25) is 0 Å². The molecule has 0 heterocycles. The molecule has 1 rings (SSSR count). The van der Waals surface area contributed by atoms with Gasteiger partial charge < -0.3 is 10.1 Å². The minimum absolute atomic E-state index is 0.632. The van der Waals surface area contributed by atoms with E-state index >= 15 is 0 Å². The van der Waals surface area contributed by atoms with Crippen LogP contribution < -0.4 is 10.1 Å². The van der Waals surface area contributed by atoms with Gasteiger partial charge in [-0.15, -0.1) is 0 Å². The van der Waals surface area contributed by atoms with E-state index in [-0.39, 0.29) is 0 Å². The van der Waals surface area contributed by atoms with Crippen molar-refractivity contribution < 1.29 is 4.74 Å². The minimum atomic E-state index is 0.632. The number of nitrogens with one attached hydrogen (secondary N) is 1. The predicted molar refractivity (Wildman–Crippen MR) is 64.4 cm³/mol. The van der Waals surface area contributed by atoms with Gasteiger partial charge in [-0.1, -0.05) is 31.2 Å². The van der Waals surface area contributed by atoms with Gasteiger partial charge >= 0.3 is 0 Å². The highest BCUT2D eigenvalue weighted by molar-refractivity contribution is 5.27. The lowest BCUT2D eigenvalue weighted by molar-refractivity contribution is 0.362. The van der Waals surface area contributed by atoms with Crippen LogP contribution in [0.4, 0.5) is 0 Å². The average Bonchev–Trinajstić information content (AvgIpc) is 2.30. The fraction of sp³-hybridized carbons (Fsp3) is 0.385. The molecule has 0 spiro atoms. The number of hydrogen-bond acceptors (Lipinski definition) is 2. The third-order valence-corrected chi connectivity index (χ3v) is 2.17. The Hall–Kier alpha value is -1.28. The number of aryl methyl sites for hydroxylation is 1. The Morgan fingerprint density at radius 3 is 2.53 bits per heavy atom. The number of hydrogen-bond donors (Lipinski definition) is 1. The Bertz CT molecular complexity index is 290. The van der Waals surface area contributed by atoms with Crippen molar-refractivity contribution in [1.82, 2.24) is 5.32 Å². The fourth-order valence-corrected chi connectivity index (χ4v) is 1.23. The van der Waals surface area contributed by atoms with Crippen molar-refractivity contribution in [3.05, 3.63) is 42.0 Å². The van der Waals surface area contributed by atoms with E-state index in [2.05, 4.69) is 30.4 Å². The Morgan fingerprint density at radius 2 is 1.93 bits per heavy atom. The number of rotatable bonds is 6. The molecule has 82 valence electrons. The molecule has 1 N–H and O–H groups in total. The highest BCUT2D eigenvalue weighted by atomic mass is 16.5. The Labute approximate surface area is 92.0 Å². The quantitative estimate of drug-likeness (QED) is 0.720. The van der Waals surface area contributed by atoms with Crippen molar-refractivity contribution in [2.24, 2.45) is 0 Å². The molecule has 0 unspecified atom stereocenters. The second kappa shape index (κ2) is 7.07. The van der Waals surface area contributed by atoms with Crippen LogP contribution in [0.15, 0.2) is 36.4 Å². The van der Waals surface area contributed by atoms with Crippen LogP contribution in [-0.2, 0) is 6.42 Å². The van der Waals surface area contributed by atoms with Crippen LogP contribution >= 0.6 is 0 Å². The molecule has 15 heavy (non-hydrogen) atoms. The van der Waals surface area contributed by atoms with Gasteiger partial charge in [0.2, 0.25) is 0 Å². The van der Waals surface area contributed by atoms with Crippen molar-refractivity contribution in [1.29, 1.82) is 0 Å². The van der Waals surface area contributed by atoms with Crippen molar-refractivity contribution in [3.63, 3.8) is 0 Å². The molecule has 2 heteroatoms. The van der Waals surface area contributed by atoms with E-state index in [1.165, 1.54) is 5.56 Å². The van der Waals surface area contributed by atoms with E-state index in [1.807, 2.05) is 25.3 Å². The molecule has 0 aliphatic rings. The summed E-state index contributed by atoms with van der Waals surface area (Å²) in [5.74, 6) is 0.932. The first-order valence-electron chi connectivity index (χ1n) is 5.38. The van der Waals surface area contributed by atoms with E-state index in [0.717, 1.165) is 18.7 Å². The zero-order chi connectivity index (χ0) is 10.9. The monoisotopic (exact) mass is 205 g/mol. The Morgan fingerprint density at radius 1 is 1.20 bits per heavy atom. The summed E-state index contributed by atoms with van der Waals surface area (Å²) in [7, 11) is 1.93. The topological polar surface area (TPSA) is 21.3 Å². The molecule has 2 nitrogen and oxygen atoms in total. The van der Waals surface area contributed by atoms with E-state index in [4.69, 9.17) is 4.74 Å². The largest absolute Gasteiger partial charge is 0.490 e. The molecular weight excluding hydrogens is 186 g/mol. The maximum absolute atomic E-state index is 5.54. The number of ether oxygens (including phenoxy) is 1. The average molecular weight is 205 g/mol. The van der Waals surface area contributed by atoms with Crippen LogP contribution in [0, 0.1) is 0 Å². The summed E-state index contributed by atoms with van der Waals surface area (Å²) in [6.07, 6.45) is 5.15. The van der Waals surface area contributed by atoms with Gasteiger partial charge in [-0.2, -0.15) is 0 Å². The second-order valence-electron chi connectivity index (χ2n) is 3.34. The van der Waals surface area contributed by atoms with E-state index in [0.29, 0.717) is 6.61 Å². The summed E-state index contributed by atoms with van der Waals surface area (Å²) in [5.41, 5.74) is 1.34. The SMILES string of the molecule is CCc1ccc(OC/C=C/CNC)cc1. The minimum Gasteiger partial charge on any atom is -0.490 e. The van der Waals surface area contributed by atoms with Gasteiger partial charge in [0.15, 0.2) is 0 Å². The lowest BCUT2D eigenvalue weighted by Crippen LogP contribution is -2.04. The molecule has 1 aromatic carbocycles. The van der Waals surface area contributed by atoms with Gasteiger partial charge in [0.1, 0.15) is 12.4 Å². The van der Waals surface area contributed by atoms with Crippen molar-refractivity contribution in [3.8, 4) is 5.75 Å². The highest BCUT2D eigenvalue weighted by Crippen LogP contribution is 2.12. The number of likely N-dealkylation sites (N-methyl/N-ethyl adjacent to an activating group) is 1. The highest BCUT2D eigenvalue weighted by Gasteiger charge is 1.91. The zero-order valence-corrected chi connectivity index (χ0v) is 9.49. The van der Waals surface area contributed by atoms with E-state index < -0.39 is 0 Å². The molecule has 0 aliphatic carbocycles. The van der Waals surface area contributed by atoms with Crippen molar-refractivity contribution >= 4 is 0 Å². The van der Waals surface area contributed by atoms with Gasteiger partial charge in [0, 0.05) is 6.54 Å². The maximum Gasteiger partial charge on any atom is 0.119 e. The molecule has 0 aromatic heterocycles. The molecule has 0 saturated heterocycles. The first-order valence-corrected chi connectivity index (χ1v) is 5.38. The third kappa shape index (κ3) is 4.66. The smallest absolute Gasteiger partial charge is 0.119 e. The zero-order valence-electron chi connectivity index (χ0n) is 9.49. The molecule has 0 bridgehead atoms. The fourth-order valence-electron chi connectivity index (χ4n) is 1.23. The Balaban J connectivity index is 2.31. The van der Waals surface area contributed by atoms with Gasteiger partial charge in [0.25, 0.3) is 0 Å². The van der Waals surface area contributed by atoms with E-state index in [9.17, 15) is 0 Å². The summed E-state index contributed by atoms with van der Waals surface area (Å²) in [6.45, 7) is 3.67. The van der Waals surface area contributed by atoms with Crippen LogP contribution in [0.1, 0.15) is 12.5 Å². The molecule has 0 fully saturated rings. The number of benzene rings is 1. The molecule has 0 amide bonds. The normalized spacial score (nSPS) is 10.8. The van der Waals surface area contributed by atoms with Gasteiger partial charge in [-0.05, 0) is 31.2 Å². The standard InChI is InChI=1S/C13H19NO/c1-3-12-6-8-13(9-7-12)15-11-5-4-10-14-2/h4-9,14H,3,10-11H2,1-2H3/b5-4+. The molecule has 0 aliphatic heterocycles. The molecule has 0 radical (unpaired) electrons. The van der Waals surface area contributed by atoms with Crippen molar-refractivity contribution in [2.75, 3.05) is 20.2 Å². The van der Waals surface area contributed by atoms with Gasteiger partial charge in [0.05, 0.1) is 0 Å². The van der Waals surface area contributed by atoms with Crippen LogP contribution in [0.2, 0.25) is 0 Å². The first kappa shape index (κ1) is 11.8. The van der Waals surface area contributed by atoms with Crippen LogP contribution in [-0.4, -0.2) is 20.2 Å². The second-order valence-corrected chi connectivity index (χ2v) is 3.34.